The van der Waals surface area contributed by atoms with Crippen LogP contribution in [-0.4, -0.2) is 6.61 Å². The van der Waals surface area contributed by atoms with E-state index in [0.29, 0.717) is 39.6 Å². The SMILES string of the molecule is CCCOc1cccc(Oc2cc(Cl)ccc2Cl)c1N. The first kappa shape index (κ1) is 14.8. The third kappa shape index (κ3) is 3.50. The van der Waals surface area contributed by atoms with Crippen molar-refractivity contribution in [3.8, 4) is 17.2 Å². The molecule has 0 unspecified atom stereocenters. The molecule has 2 aromatic carbocycles. The van der Waals surface area contributed by atoms with Gasteiger partial charge in [-0.1, -0.05) is 36.2 Å². The summed E-state index contributed by atoms with van der Waals surface area (Å²) in [6, 6.07) is 10.4. The number of para-hydroxylation sites is 1. The summed E-state index contributed by atoms with van der Waals surface area (Å²) in [5.41, 5.74) is 6.48. The predicted octanol–water partition coefficient (Wildman–Crippen LogP) is 5.16. The number of benzene rings is 2. The minimum Gasteiger partial charge on any atom is -0.491 e. The highest BCUT2D eigenvalue weighted by Crippen LogP contribution is 2.37. The molecule has 0 atom stereocenters. The van der Waals surface area contributed by atoms with Crippen LogP contribution in [0.4, 0.5) is 5.69 Å². The molecule has 0 spiro atoms. The summed E-state index contributed by atoms with van der Waals surface area (Å²) >= 11 is 12.0. The maximum absolute atomic E-state index is 6.07. The lowest BCUT2D eigenvalue weighted by Crippen LogP contribution is -2.00. The minimum atomic E-state index is 0.442. The van der Waals surface area contributed by atoms with Gasteiger partial charge in [0.05, 0.1) is 11.6 Å². The van der Waals surface area contributed by atoms with Gasteiger partial charge in [0.15, 0.2) is 5.75 Å². The third-order valence-corrected chi connectivity index (χ3v) is 3.15. The molecule has 20 heavy (non-hydrogen) atoms. The molecular formula is C15H15Cl2NO2. The van der Waals surface area contributed by atoms with Gasteiger partial charge in [-0.15, -0.1) is 0 Å². The molecule has 0 saturated carbocycles. The molecule has 0 bridgehead atoms. The second-order valence-corrected chi connectivity index (χ2v) is 5.04. The normalized spacial score (nSPS) is 10.3. The van der Waals surface area contributed by atoms with Gasteiger partial charge >= 0.3 is 0 Å². The highest BCUT2D eigenvalue weighted by atomic mass is 35.5. The fourth-order valence-corrected chi connectivity index (χ4v) is 1.94. The van der Waals surface area contributed by atoms with Gasteiger partial charge in [0, 0.05) is 11.1 Å². The highest BCUT2D eigenvalue weighted by molar-refractivity contribution is 6.34. The van der Waals surface area contributed by atoms with E-state index in [0.717, 1.165) is 6.42 Å². The molecule has 0 fully saturated rings. The summed E-state index contributed by atoms with van der Waals surface area (Å²) in [6.07, 6.45) is 0.907. The summed E-state index contributed by atoms with van der Waals surface area (Å²) < 4.78 is 11.3. The van der Waals surface area contributed by atoms with Crippen molar-refractivity contribution >= 4 is 28.9 Å². The molecule has 0 saturated heterocycles. The van der Waals surface area contributed by atoms with Crippen LogP contribution in [0.3, 0.4) is 0 Å². The van der Waals surface area contributed by atoms with Crippen LogP contribution < -0.4 is 15.2 Å². The zero-order valence-electron chi connectivity index (χ0n) is 11.0. The number of anilines is 1. The minimum absolute atomic E-state index is 0.442. The predicted molar refractivity (Wildman–Crippen MR) is 83.2 cm³/mol. The Labute approximate surface area is 128 Å². The number of ether oxygens (including phenoxy) is 2. The Balaban J connectivity index is 2.27. The van der Waals surface area contributed by atoms with Gasteiger partial charge in [0.1, 0.15) is 17.2 Å². The average molecular weight is 312 g/mol. The Bertz CT molecular complexity index is 602. The average Bonchev–Trinajstić information content (AvgIpc) is 2.44. The highest BCUT2D eigenvalue weighted by Gasteiger charge is 2.10. The number of hydrogen-bond donors (Lipinski definition) is 1. The molecule has 0 aliphatic carbocycles. The topological polar surface area (TPSA) is 44.5 Å². The van der Waals surface area contributed by atoms with Gasteiger partial charge < -0.3 is 15.2 Å². The van der Waals surface area contributed by atoms with E-state index in [1.54, 1.807) is 30.3 Å². The molecule has 5 heteroatoms. The summed E-state index contributed by atoms with van der Waals surface area (Å²) in [7, 11) is 0. The van der Waals surface area contributed by atoms with Gasteiger partial charge in [0.2, 0.25) is 0 Å². The third-order valence-electron chi connectivity index (χ3n) is 2.60. The second kappa shape index (κ2) is 6.73. The summed E-state index contributed by atoms with van der Waals surface area (Å²) in [4.78, 5) is 0. The van der Waals surface area contributed by atoms with Crippen LogP contribution in [0, 0.1) is 0 Å². The Morgan fingerprint density at radius 2 is 1.80 bits per heavy atom. The summed E-state index contributed by atoms with van der Waals surface area (Å²) in [5.74, 6) is 1.55. The van der Waals surface area contributed by atoms with Crippen molar-refractivity contribution < 1.29 is 9.47 Å². The van der Waals surface area contributed by atoms with E-state index >= 15 is 0 Å². The van der Waals surface area contributed by atoms with Crippen LogP contribution in [0.2, 0.25) is 10.0 Å². The van der Waals surface area contributed by atoms with E-state index in [4.69, 9.17) is 38.4 Å². The molecule has 0 heterocycles. The van der Waals surface area contributed by atoms with Crippen LogP contribution in [0.5, 0.6) is 17.2 Å². The van der Waals surface area contributed by atoms with Crippen molar-refractivity contribution in [1.82, 2.24) is 0 Å². The molecule has 3 nitrogen and oxygen atoms in total. The summed E-state index contributed by atoms with van der Waals surface area (Å²) in [5, 5.41) is 1.01. The molecule has 0 aliphatic rings. The fourth-order valence-electron chi connectivity index (χ4n) is 1.62. The van der Waals surface area contributed by atoms with Gasteiger partial charge in [-0.25, -0.2) is 0 Å². The Hall–Kier alpha value is -1.58. The van der Waals surface area contributed by atoms with E-state index in [-0.39, 0.29) is 0 Å². The first-order valence-electron chi connectivity index (χ1n) is 6.26. The number of hydrogen-bond acceptors (Lipinski definition) is 3. The van der Waals surface area contributed by atoms with Crippen LogP contribution in [0.1, 0.15) is 13.3 Å². The standard InChI is InChI=1S/C15H15Cl2NO2/c1-2-8-19-12-4-3-5-13(15(12)18)20-14-9-10(16)6-7-11(14)17/h3-7,9H,2,8,18H2,1H3. The first-order chi connectivity index (χ1) is 9.61. The van der Waals surface area contributed by atoms with E-state index < -0.39 is 0 Å². The maximum atomic E-state index is 6.07. The monoisotopic (exact) mass is 311 g/mol. The Kier molecular flexibility index (Phi) is 4.99. The molecule has 0 aliphatic heterocycles. The number of nitrogen functional groups attached to an aromatic ring is 1. The maximum Gasteiger partial charge on any atom is 0.154 e. The number of nitrogens with two attached hydrogens (primary N) is 1. The molecule has 0 aromatic heterocycles. The zero-order valence-corrected chi connectivity index (χ0v) is 12.5. The van der Waals surface area contributed by atoms with Crippen molar-refractivity contribution in [3.05, 3.63) is 46.4 Å². The Morgan fingerprint density at radius 1 is 1.05 bits per heavy atom. The first-order valence-corrected chi connectivity index (χ1v) is 7.01. The van der Waals surface area contributed by atoms with Crippen molar-refractivity contribution in [3.63, 3.8) is 0 Å². The smallest absolute Gasteiger partial charge is 0.154 e. The van der Waals surface area contributed by atoms with Crippen molar-refractivity contribution in [2.24, 2.45) is 0 Å². The molecule has 106 valence electrons. The van der Waals surface area contributed by atoms with E-state index in [9.17, 15) is 0 Å². The van der Waals surface area contributed by atoms with E-state index in [1.807, 2.05) is 13.0 Å². The van der Waals surface area contributed by atoms with Crippen LogP contribution in [0.15, 0.2) is 36.4 Å². The van der Waals surface area contributed by atoms with Gasteiger partial charge in [-0.3, -0.25) is 0 Å². The largest absolute Gasteiger partial charge is 0.491 e. The quantitative estimate of drug-likeness (QED) is 0.776. The van der Waals surface area contributed by atoms with Gasteiger partial charge in [-0.05, 0) is 30.7 Å². The van der Waals surface area contributed by atoms with Crippen LogP contribution >= 0.6 is 23.2 Å². The van der Waals surface area contributed by atoms with E-state index in [1.165, 1.54) is 0 Å². The molecule has 0 radical (unpaired) electrons. The van der Waals surface area contributed by atoms with Gasteiger partial charge in [0.25, 0.3) is 0 Å². The van der Waals surface area contributed by atoms with Gasteiger partial charge in [-0.2, -0.15) is 0 Å². The lowest BCUT2D eigenvalue weighted by Gasteiger charge is -2.13. The zero-order chi connectivity index (χ0) is 14.5. The fraction of sp³-hybridized carbons (Fsp3) is 0.200. The lowest BCUT2D eigenvalue weighted by molar-refractivity contribution is 0.318. The number of rotatable bonds is 5. The second-order valence-electron chi connectivity index (χ2n) is 4.19. The summed E-state index contributed by atoms with van der Waals surface area (Å²) in [6.45, 7) is 2.63. The number of halogens is 2. The molecule has 2 N–H and O–H groups in total. The molecule has 0 amide bonds. The lowest BCUT2D eigenvalue weighted by atomic mass is 10.2. The Morgan fingerprint density at radius 3 is 2.55 bits per heavy atom. The van der Waals surface area contributed by atoms with Crippen LogP contribution in [-0.2, 0) is 0 Å². The van der Waals surface area contributed by atoms with Crippen LogP contribution in [0.25, 0.3) is 0 Å². The van der Waals surface area contributed by atoms with Crippen molar-refractivity contribution in [2.75, 3.05) is 12.3 Å². The molecular weight excluding hydrogens is 297 g/mol. The molecule has 2 aromatic rings. The van der Waals surface area contributed by atoms with E-state index in [2.05, 4.69) is 0 Å². The molecule has 2 rings (SSSR count). The van der Waals surface area contributed by atoms with Crippen molar-refractivity contribution in [1.29, 1.82) is 0 Å². The van der Waals surface area contributed by atoms with Crippen molar-refractivity contribution in [2.45, 2.75) is 13.3 Å².